The Balaban J connectivity index is 1.70. The van der Waals surface area contributed by atoms with Gasteiger partial charge in [-0.05, 0) is 35.2 Å². The summed E-state index contributed by atoms with van der Waals surface area (Å²) in [4.78, 5) is 31.9. The molecule has 2 N–H and O–H groups in total. The van der Waals surface area contributed by atoms with E-state index in [0.717, 1.165) is 15.8 Å². The fraction of sp³-hybridized carbons (Fsp3) is 0.120. The van der Waals surface area contributed by atoms with Gasteiger partial charge in [-0.15, -0.1) is 11.3 Å². The molecule has 6 nitrogen and oxygen atoms in total. The maximum Gasteiger partial charge on any atom is 0.295 e. The van der Waals surface area contributed by atoms with Crippen molar-refractivity contribution in [3.05, 3.63) is 93.8 Å². The quantitative estimate of drug-likeness (QED) is 0.262. The van der Waals surface area contributed by atoms with Crippen molar-refractivity contribution in [2.45, 2.75) is 12.6 Å². The Morgan fingerprint density at radius 1 is 1.12 bits per heavy atom. The highest BCUT2D eigenvalue weighted by Crippen LogP contribution is 2.42. The van der Waals surface area contributed by atoms with Gasteiger partial charge >= 0.3 is 0 Å². The van der Waals surface area contributed by atoms with Crippen LogP contribution in [0.2, 0.25) is 0 Å². The summed E-state index contributed by atoms with van der Waals surface area (Å²) in [5.74, 6) is -0.914. The zero-order chi connectivity index (χ0) is 22.2. The van der Waals surface area contributed by atoms with Crippen molar-refractivity contribution >= 4 is 39.7 Å². The number of hydrogen-bond donors (Lipinski definition) is 2. The predicted molar refractivity (Wildman–Crippen MR) is 123 cm³/mol. The van der Waals surface area contributed by atoms with Gasteiger partial charge in [0.05, 0.1) is 25.3 Å². The van der Waals surface area contributed by atoms with Crippen LogP contribution in [0.25, 0.3) is 16.7 Å². The maximum absolute atomic E-state index is 13.2. The Hall–Kier alpha value is -3.84. The number of ketones is 1. The zero-order valence-corrected chi connectivity index (χ0v) is 18.1. The number of thiophene rings is 1. The number of Topliss-reactive ketones (excluding diaryl/α,β-unsaturated/α-hetero) is 1. The van der Waals surface area contributed by atoms with Crippen molar-refractivity contribution in [1.82, 2.24) is 9.88 Å². The molecule has 160 valence electrons. The number of hydrogen-bond acceptors (Lipinski definition) is 5. The van der Waals surface area contributed by atoms with E-state index >= 15 is 0 Å². The second-order valence-corrected chi connectivity index (χ2v) is 8.56. The molecule has 1 amide bonds. The number of methoxy groups -OCH3 is 1. The molecular formula is C25H20N2O4S. The number of benzene rings is 2. The number of amides is 1. The summed E-state index contributed by atoms with van der Waals surface area (Å²) >= 11 is 1.51. The Morgan fingerprint density at radius 2 is 1.97 bits per heavy atom. The predicted octanol–water partition coefficient (Wildman–Crippen LogP) is 4.86. The summed E-state index contributed by atoms with van der Waals surface area (Å²) < 4.78 is 5.36. The van der Waals surface area contributed by atoms with Crippen molar-refractivity contribution in [2.75, 3.05) is 7.11 Å². The smallest absolute Gasteiger partial charge is 0.295 e. The molecule has 5 rings (SSSR count). The number of para-hydroxylation sites is 1. The molecule has 2 aromatic carbocycles. The van der Waals surface area contributed by atoms with Gasteiger partial charge in [0.1, 0.15) is 11.5 Å². The van der Waals surface area contributed by atoms with Crippen LogP contribution < -0.4 is 4.74 Å². The van der Waals surface area contributed by atoms with E-state index in [1.807, 2.05) is 53.9 Å². The van der Waals surface area contributed by atoms with Gasteiger partial charge in [0, 0.05) is 27.5 Å². The van der Waals surface area contributed by atoms with E-state index < -0.39 is 17.7 Å². The number of aliphatic hydroxyl groups excluding tert-OH is 1. The highest BCUT2D eigenvalue weighted by Gasteiger charge is 2.46. The molecule has 1 fully saturated rings. The van der Waals surface area contributed by atoms with Gasteiger partial charge in [-0.3, -0.25) is 9.59 Å². The average Bonchev–Trinajstić information content (AvgIpc) is 3.54. The van der Waals surface area contributed by atoms with E-state index in [-0.39, 0.29) is 17.9 Å². The first-order valence-corrected chi connectivity index (χ1v) is 11.0. The number of likely N-dealkylation sites (tertiary alicyclic amines) is 1. The number of carbonyl (C=O) groups excluding carboxylic acids is 2. The second kappa shape index (κ2) is 8.01. The van der Waals surface area contributed by atoms with Crippen LogP contribution in [-0.2, 0) is 16.1 Å². The van der Waals surface area contributed by atoms with Crippen LogP contribution in [0.1, 0.15) is 22.0 Å². The summed E-state index contributed by atoms with van der Waals surface area (Å²) in [7, 11) is 1.56. The van der Waals surface area contributed by atoms with Crippen molar-refractivity contribution < 1.29 is 19.4 Å². The molecular weight excluding hydrogens is 424 g/mol. The molecule has 3 heterocycles. The molecule has 1 aliphatic rings. The molecule has 0 radical (unpaired) electrons. The van der Waals surface area contributed by atoms with Crippen LogP contribution in [0, 0.1) is 0 Å². The number of nitrogens with one attached hydrogen (secondary N) is 1. The lowest BCUT2D eigenvalue weighted by atomic mass is 9.95. The minimum absolute atomic E-state index is 0.0737. The third-order valence-corrected chi connectivity index (χ3v) is 6.56. The van der Waals surface area contributed by atoms with Gasteiger partial charge in [0.25, 0.3) is 11.7 Å². The Labute approximate surface area is 188 Å². The molecule has 0 aliphatic carbocycles. The number of H-pyrrole nitrogens is 1. The number of ether oxygens (including phenoxy) is 1. The molecule has 7 heteroatoms. The standard InChI is InChI=1S/C25H20N2O4S/c1-31-16-7-4-6-15(12-16)22-21(23(28)19-13-26-20-10-3-2-9-18(19)20)24(29)25(30)27(22)14-17-8-5-11-32-17/h2-13,22,26,28H,14H2,1H3/b23-21-. The van der Waals surface area contributed by atoms with Gasteiger partial charge in [0.15, 0.2) is 0 Å². The Morgan fingerprint density at radius 3 is 2.75 bits per heavy atom. The normalized spacial score (nSPS) is 17.9. The number of aromatic amines is 1. The van der Waals surface area contributed by atoms with E-state index in [9.17, 15) is 14.7 Å². The molecule has 32 heavy (non-hydrogen) atoms. The fourth-order valence-corrected chi connectivity index (χ4v) is 4.89. The molecule has 1 aliphatic heterocycles. The maximum atomic E-state index is 13.2. The number of carbonyl (C=O) groups is 2. The molecule has 4 aromatic rings. The largest absolute Gasteiger partial charge is 0.507 e. The molecule has 1 unspecified atom stereocenters. The lowest BCUT2D eigenvalue weighted by Crippen LogP contribution is -2.28. The van der Waals surface area contributed by atoms with Crippen LogP contribution in [0.5, 0.6) is 5.75 Å². The second-order valence-electron chi connectivity index (χ2n) is 7.53. The number of nitrogens with zero attached hydrogens (tertiary/aromatic N) is 1. The molecule has 2 aromatic heterocycles. The topological polar surface area (TPSA) is 82.6 Å². The first-order valence-electron chi connectivity index (χ1n) is 10.1. The zero-order valence-electron chi connectivity index (χ0n) is 17.2. The lowest BCUT2D eigenvalue weighted by Gasteiger charge is -2.25. The van der Waals surface area contributed by atoms with Gasteiger partial charge in [-0.1, -0.05) is 36.4 Å². The van der Waals surface area contributed by atoms with Gasteiger partial charge < -0.3 is 19.7 Å². The summed E-state index contributed by atoms with van der Waals surface area (Å²) in [6.45, 7) is 0.273. The monoisotopic (exact) mass is 444 g/mol. The van der Waals surface area contributed by atoms with E-state index in [0.29, 0.717) is 16.9 Å². The molecule has 0 spiro atoms. The van der Waals surface area contributed by atoms with Gasteiger partial charge in [0.2, 0.25) is 0 Å². The summed E-state index contributed by atoms with van der Waals surface area (Å²) in [6, 6.07) is 17.8. The minimum Gasteiger partial charge on any atom is -0.507 e. The van der Waals surface area contributed by atoms with Crippen LogP contribution in [0.4, 0.5) is 0 Å². The summed E-state index contributed by atoms with van der Waals surface area (Å²) in [6.07, 6.45) is 1.66. The van der Waals surface area contributed by atoms with Crippen LogP contribution in [0.15, 0.2) is 77.8 Å². The van der Waals surface area contributed by atoms with E-state index in [1.165, 1.54) is 16.2 Å². The summed E-state index contributed by atoms with van der Waals surface area (Å²) in [5, 5.41) is 14.0. The van der Waals surface area contributed by atoms with Crippen LogP contribution in [-0.4, -0.2) is 33.8 Å². The van der Waals surface area contributed by atoms with E-state index in [4.69, 9.17) is 4.74 Å². The SMILES string of the molecule is COc1cccc(C2/C(=C(/O)c3c[nH]c4ccccc34)C(=O)C(=O)N2Cc2cccs2)c1. The van der Waals surface area contributed by atoms with E-state index in [1.54, 1.807) is 25.4 Å². The first kappa shape index (κ1) is 20.1. The Kier molecular flexibility index (Phi) is 5.03. The van der Waals surface area contributed by atoms with Crippen LogP contribution in [0.3, 0.4) is 0 Å². The number of rotatable bonds is 5. The molecule has 1 saturated heterocycles. The van der Waals surface area contributed by atoms with Gasteiger partial charge in [-0.2, -0.15) is 0 Å². The van der Waals surface area contributed by atoms with Crippen molar-refractivity contribution in [2.24, 2.45) is 0 Å². The highest BCUT2D eigenvalue weighted by atomic mass is 32.1. The highest BCUT2D eigenvalue weighted by molar-refractivity contribution is 7.09. The number of aromatic nitrogens is 1. The Bertz CT molecular complexity index is 1350. The number of fused-ring (bicyclic) bond motifs is 1. The molecule has 1 atom stereocenters. The molecule has 0 bridgehead atoms. The third-order valence-electron chi connectivity index (χ3n) is 5.70. The fourth-order valence-electron chi connectivity index (χ4n) is 4.18. The lowest BCUT2D eigenvalue weighted by molar-refractivity contribution is -0.140. The van der Waals surface area contributed by atoms with E-state index in [2.05, 4.69) is 4.98 Å². The van der Waals surface area contributed by atoms with Crippen molar-refractivity contribution in [3.8, 4) is 5.75 Å². The number of aliphatic hydroxyl groups is 1. The molecule has 0 saturated carbocycles. The van der Waals surface area contributed by atoms with Crippen molar-refractivity contribution in [3.63, 3.8) is 0 Å². The average molecular weight is 445 g/mol. The van der Waals surface area contributed by atoms with Gasteiger partial charge in [-0.25, -0.2) is 0 Å². The third kappa shape index (κ3) is 3.27. The van der Waals surface area contributed by atoms with Crippen molar-refractivity contribution in [1.29, 1.82) is 0 Å². The van der Waals surface area contributed by atoms with Crippen LogP contribution >= 0.6 is 11.3 Å². The minimum atomic E-state index is -0.735. The first-order chi connectivity index (χ1) is 15.6. The summed E-state index contributed by atoms with van der Waals surface area (Å²) in [5.41, 5.74) is 2.09.